The molecular weight excluding hydrogens is 368 g/mol. The molecule has 1 aliphatic rings. The molecule has 2 atom stereocenters. The first kappa shape index (κ1) is 21.2. The van der Waals surface area contributed by atoms with Gasteiger partial charge in [0, 0.05) is 36.8 Å². The quantitative estimate of drug-likeness (QED) is 0.513. The normalized spacial score (nSPS) is 18.0. The van der Waals surface area contributed by atoms with Gasteiger partial charge in [-0.2, -0.15) is 11.8 Å². The summed E-state index contributed by atoms with van der Waals surface area (Å²) in [6.45, 7) is 1.30. The number of carbonyl (C=O) groups excluding carboxylic acids is 2. The number of amides is 2. The highest BCUT2D eigenvalue weighted by molar-refractivity contribution is 7.98. The summed E-state index contributed by atoms with van der Waals surface area (Å²) in [5.41, 5.74) is 0.0282. The summed E-state index contributed by atoms with van der Waals surface area (Å²) in [5.74, 6) is 0.165. The van der Waals surface area contributed by atoms with Crippen molar-refractivity contribution in [3.05, 3.63) is 39.9 Å². The predicted molar refractivity (Wildman–Crippen MR) is 106 cm³/mol. The number of likely N-dealkylation sites (tertiary alicyclic amines) is 1. The summed E-state index contributed by atoms with van der Waals surface area (Å²) in [5, 5.41) is 16.9. The number of non-ortho nitro benzene ring substituents is 1. The predicted octanol–water partition coefficient (Wildman–Crippen LogP) is 1.66. The first-order valence-corrected chi connectivity index (χ1v) is 10.4. The van der Waals surface area contributed by atoms with Gasteiger partial charge in [-0.3, -0.25) is 19.7 Å². The van der Waals surface area contributed by atoms with Gasteiger partial charge in [0.1, 0.15) is 6.04 Å². The number of rotatable bonds is 8. The van der Waals surface area contributed by atoms with Gasteiger partial charge in [-0.05, 0) is 44.4 Å². The highest BCUT2D eigenvalue weighted by Gasteiger charge is 2.29. The van der Waals surface area contributed by atoms with E-state index >= 15 is 0 Å². The topological polar surface area (TPSA) is 105 Å². The van der Waals surface area contributed by atoms with E-state index in [1.807, 2.05) is 13.3 Å². The molecule has 1 heterocycles. The van der Waals surface area contributed by atoms with Crippen LogP contribution in [0.3, 0.4) is 0 Å². The molecule has 2 unspecified atom stereocenters. The van der Waals surface area contributed by atoms with Gasteiger partial charge in [0.25, 0.3) is 11.6 Å². The van der Waals surface area contributed by atoms with Crippen molar-refractivity contribution in [2.45, 2.75) is 31.3 Å². The minimum Gasteiger partial charge on any atom is -0.340 e. The van der Waals surface area contributed by atoms with Crippen LogP contribution in [0.25, 0.3) is 0 Å². The summed E-state index contributed by atoms with van der Waals surface area (Å²) in [7, 11) is 1.88. The molecule has 1 fully saturated rings. The van der Waals surface area contributed by atoms with Gasteiger partial charge < -0.3 is 15.5 Å². The first-order valence-electron chi connectivity index (χ1n) is 8.96. The second kappa shape index (κ2) is 10.3. The lowest BCUT2D eigenvalue weighted by Gasteiger charge is -2.35. The largest absolute Gasteiger partial charge is 0.340 e. The van der Waals surface area contributed by atoms with Gasteiger partial charge in [0.2, 0.25) is 5.91 Å². The molecule has 0 radical (unpaired) electrons. The van der Waals surface area contributed by atoms with E-state index in [1.165, 1.54) is 24.3 Å². The Morgan fingerprint density at radius 3 is 2.89 bits per heavy atom. The maximum absolute atomic E-state index is 13.0. The van der Waals surface area contributed by atoms with Crippen LogP contribution in [0.5, 0.6) is 0 Å². The molecule has 27 heavy (non-hydrogen) atoms. The number of nitro benzene ring substituents is 1. The molecule has 1 aliphatic heterocycles. The zero-order valence-corrected chi connectivity index (χ0v) is 16.5. The Hall–Kier alpha value is -2.13. The summed E-state index contributed by atoms with van der Waals surface area (Å²) in [4.78, 5) is 37.7. The summed E-state index contributed by atoms with van der Waals surface area (Å²) in [6.07, 6.45) is 4.41. The molecule has 8 nitrogen and oxygen atoms in total. The fraction of sp³-hybridized carbons (Fsp3) is 0.556. The van der Waals surface area contributed by atoms with Crippen LogP contribution in [0, 0.1) is 10.1 Å². The average Bonchev–Trinajstić information content (AvgIpc) is 2.70. The number of nitrogens with zero attached hydrogens (tertiary/aromatic N) is 2. The van der Waals surface area contributed by atoms with Gasteiger partial charge in [-0.25, -0.2) is 0 Å². The van der Waals surface area contributed by atoms with E-state index in [1.54, 1.807) is 16.7 Å². The summed E-state index contributed by atoms with van der Waals surface area (Å²) >= 11 is 1.60. The van der Waals surface area contributed by atoms with Crippen molar-refractivity contribution in [2.75, 3.05) is 32.1 Å². The van der Waals surface area contributed by atoms with Gasteiger partial charge in [0.05, 0.1) is 4.92 Å². The first-order chi connectivity index (χ1) is 13.0. The highest BCUT2D eigenvalue weighted by Crippen LogP contribution is 2.16. The molecule has 9 heteroatoms. The number of nitro groups is 1. The monoisotopic (exact) mass is 394 g/mol. The molecule has 1 aromatic rings. The number of carbonyl (C=O) groups is 2. The number of hydrogen-bond donors (Lipinski definition) is 2. The minimum atomic E-state index is -0.639. The number of piperidine rings is 1. The Balaban J connectivity index is 2.11. The number of nitrogens with one attached hydrogen (secondary N) is 2. The Morgan fingerprint density at radius 1 is 1.44 bits per heavy atom. The Labute approximate surface area is 163 Å². The zero-order chi connectivity index (χ0) is 19.8. The third-order valence-electron chi connectivity index (χ3n) is 4.67. The van der Waals surface area contributed by atoms with Crippen LogP contribution in [0.2, 0.25) is 0 Å². The lowest BCUT2D eigenvalue weighted by molar-refractivity contribution is -0.384. The second-order valence-corrected chi connectivity index (χ2v) is 7.51. The third-order valence-corrected chi connectivity index (χ3v) is 5.32. The smallest absolute Gasteiger partial charge is 0.270 e. The lowest BCUT2D eigenvalue weighted by Crippen LogP contribution is -2.54. The molecule has 0 bridgehead atoms. The highest BCUT2D eigenvalue weighted by atomic mass is 32.2. The Bertz CT molecular complexity index is 685. The summed E-state index contributed by atoms with van der Waals surface area (Å²) in [6, 6.07) is 5.16. The maximum Gasteiger partial charge on any atom is 0.270 e. The fourth-order valence-electron chi connectivity index (χ4n) is 3.13. The molecule has 2 amide bonds. The number of likely N-dealkylation sites (N-methyl/N-ethyl adjacent to an activating group) is 1. The van der Waals surface area contributed by atoms with Crippen LogP contribution in [0.15, 0.2) is 24.3 Å². The van der Waals surface area contributed by atoms with Gasteiger partial charge >= 0.3 is 0 Å². The van der Waals surface area contributed by atoms with Crippen molar-refractivity contribution in [3.63, 3.8) is 0 Å². The van der Waals surface area contributed by atoms with Gasteiger partial charge in [0.15, 0.2) is 0 Å². The number of hydrogen-bond acceptors (Lipinski definition) is 6. The van der Waals surface area contributed by atoms with E-state index in [9.17, 15) is 19.7 Å². The van der Waals surface area contributed by atoms with Crippen molar-refractivity contribution >= 4 is 29.3 Å². The van der Waals surface area contributed by atoms with Gasteiger partial charge in [-0.1, -0.05) is 6.07 Å². The van der Waals surface area contributed by atoms with Crippen molar-refractivity contribution in [1.29, 1.82) is 0 Å². The fourth-order valence-corrected chi connectivity index (χ4v) is 3.60. The van der Waals surface area contributed by atoms with Crippen LogP contribution >= 0.6 is 11.8 Å². The maximum atomic E-state index is 13.0. The van der Waals surface area contributed by atoms with Crippen LogP contribution < -0.4 is 10.6 Å². The molecule has 2 N–H and O–H groups in total. The molecule has 148 valence electrons. The molecule has 2 rings (SSSR count). The van der Waals surface area contributed by atoms with Crippen molar-refractivity contribution in [3.8, 4) is 0 Å². The van der Waals surface area contributed by atoms with E-state index in [2.05, 4.69) is 10.6 Å². The molecule has 0 saturated carbocycles. The Kier molecular flexibility index (Phi) is 8.05. The van der Waals surface area contributed by atoms with Crippen LogP contribution in [0.4, 0.5) is 5.69 Å². The number of benzene rings is 1. The number of thioether (sulfide) groups is 1. The SMILES string of the molecule is CNC1CCCN(C(=O)C(CCSC)NC(=O)c2cccc([N+](=O)[O-])c2)C1. The van der Waals surface area contributed by atoms with E-state index in [0.29, 0.717) is 19.5 Å². The minimum absolute atomic E-state index is 0.0946. The summed E-state index contributed by atoms with van der Waals surface area (Å²) < 4.78 is 0. The van der Waals surface area contributed by atoms with Crippen molar-refractivity contribution in [2.24, 2.45) is 0 Å². The van der Waals surface area contributed by atoms with Crippen LogP contribution in [-0.4, -0.2) is 65.9 Å². The van der Waals surface area contributed by atoms with Crippen LogP contribution in [-0.2, 0) is 4.79 Å². The zero-order valence-electron chi connectivity index (χ0n) is 15.6. The molecule has 0 spiro atoms. The van der Waals surface area contributed by atoms with Crippen molar-refractivity contribution < 1.29 is 14.5 Å². The third kappa shape index (κ3) is 5.93. The molecule has 0 aliphatic carbocycles. The van der Waals surface area contributed by atoms with E-state index < -0.39 is 16.9 Å². The molecule has 1 aromatic carbocycles. The van der Waals surface area contributed by atoms with E-state index in [-0.39, 0.29) is 23.2 Å². The van der Waals surface area contributed by atoms with Crippen molar-refractivity contribution in [1.82, 2.24) is 15.5 Å². The standard InChI is InChI=1S/C18H26N4O4S/c1-19-14-6-4-9-21(12-14)18(24)16(8-10-27-2)20-17(23)13-5-3-7-15(11-13)22(25)26/h3,5,7,11,14,16,19H,4,6,8-10,12H2,1-2H3,(H,20,23). The van der Waals surface area contributed by atoms with E-state index in [4.69, 9.17) is 0 Å². The Morgan fingerprint density at radius 2 is 2.22 bits per heavy atom. The van der Waals surface area contributed by atoms with E-state index in [0.717, 1.165) is 18.6 Å². The molecular formula is C18H26N4O4S. The molecule has 1 saturated heterocycles. The lowest BCUT2D eigenvalue weighted by atomic mass is 10.0. The van der Waals surface area contributed by atoms with Gasteiger partial charge in [-0.15, -0.1) is 0 Å². The average molecular weight is 394 g/mol. The second-order valence-electron chi connectivity index (χ2n) is 6.53. The molecule has 0 aromatic heterocycles. The van der Waals surface area contributed by atoms with Crippen LogP contribution in [0.1, 0.15) is 29.6 Å².